The van der Waals surface area contributed by atoms with Crippen LogP contribution in [0.15, 0.2) is 0 Å². The second kappa shape index (κ2) is 8.15. The van der Waals surface area contributed by atoms with Crippen molar-refractivity contribution < 1.29 is 0 Å². The van der Waals surface area contributed by atoms with Crippen molar-refractivity contribution in [1.82, 2.24) is 10.2 Å². The first-order valence-corrected chi connectivity index (χ1v) is 9.12. The standard InChI is InChI=1S/C18H33N3/c1-3-11-20-18(15-19)10-5-6-17(18)9-13-21(12-4-2)14-16-7-8-16/h16-17,20H,3-14H2,1-2H3. The van der Waals surface area contributed by atoms with Gasteiger partial charge in [0.15, 0.2) is 0 Å². The van der Waals surface area contributed by atoms with E-state index in [1.54, 1.807) is 0 Å². The van der Waals surface area contributed by atoms with Crippen molar-refractivity contribution in [3.8, 4) is 6.07 Å². The van der Waals surface area contributed by atoms with Crippen molar-refractivity contribution in [3.05, 3.63) is 0 Å². The maximum atomic E-state index is 9.71. The van der Waals surface area contributed by atoms with Crippen LogP contribution in [0.25, 0.3) is 0 Å². The van der Waals surface area contributed by atoms with Crippen LogP contribution in [0.3, 0.4) is 0 Å². The molecule has 0 saturated heterocycles. The molecule has 0 aliphatic heterocycles. The Morgan fingerprint density at radius 1 is 1.19 bits per heavy atom. The molecular weight excluding hydrogens is 258 g/mol. The summed E-state index contributed by atoms with van der Waals surface area (Å²) in [5.74, 6) is 1.52. The summed E-state index contributed by atoms with van der Waals surface area (Å²) in [7, 11) is 0. The van der Waals surface area contributed by atoms with Gasteiger partial charge in [-0.25, -0.2) is 0 Å². The van der Waals surface area contributed by atoms with Crippen molar-refractivity contribution in [1.29, 1.82) is 5.26 Å². The van der Waals surface area contributed by atoms with Crippen LogP contribution in [0.1, 0.15) is 65.2 Å². The summed E-state index contributed by atoms with van der Waals surface area (Å²) in [6.45, 7) is 9.14. The monoisotopic (exact) mass is 291 g/mol. The van der Waals surface area contributed by atoms with Crippen LogP contribution in [0, 0.1) is 23.2 Å². The van der Waals surface area contributed by atoms with Gasteiger partial charge < -0.3 is 4.90 Å². The molecule has 0 heterocycles. The average molecular weight is 291 g/mol. The Morgan fingerprint density at radius 2 is 2.00 bits per heavy atom. The quantitative estimate of drug-likeness (QED) is 0.669. The Labute approximate surface area is 131 Å². The average Bonchev–Trinajstić information content (AvgIpc) is 3.22. The van der Waals surface area contributed by atoms with E-state index in [-0.39, 0.29) is 5.54 Å². The van der Waals surface area contributed by atoms with E-state index in [1.165, 1.54) is 58.2 Å². The first kappa shape index (κ1) is 16.8. The third kappa shape index (κ3) is 4.69. The van der Waals surface area contributed by atoms with Crippen LogP contribution in [0.5, 0.6) is 0 Å². The smallest absolute Gasteiger partial charge is 0.109 e. The highest BCUT2D eigenvalue weighted by Crippen LogP contribution is 2.38. The van der Waals surface area contributed by atoms with E-state index in [9.17, 15) is 5.26 Å². The lowest BCUT2D eigenvalue weighted by Crippen LogP contribution is -2.48. The summed E-state index contributed by atoms with van der Waals surface area (Å²) >= 11 is 0. The summed E-state index contributed by atoms with van der Waals surface area (Å²) in [5, 5.41) is 13.3. The lowest BCUT2D eigenvalue weighted by molar-refractivity contribution is 0.216. The number of nitrogens with one attached hydrogen (secondary N) is 1. The highest BCUT2D eigenvalue weighted by Gasteiger charge is 2.42. The van der Waals surface area contributed by atoms with E-state index in [0.717, 1.165) is 25.3 Å². The molecule has 0 amide bonds. The second-order valence-electron chi connectivity index (χ2n) is 7.13. The molecule has 3 heteroatoms. The molecule has 120 valence electrons. The number of hydrogen-bond donors (Lipinski definition) is 1. The Balaban J connectivity index is 1.85. The van der Waals surface area contributed by atoms with Gasteiger partial charge >= 0.3 is 0 Å². The second-order valence-corrected chi connectivity index (χ2v) is 7.13. The number of hydrogen-bond acceptors (Lipinski definition) is 3. The lowest BCUT2D eigenvalue weighted by atomic mass is 9.85. The molecule has 0 bridgehead atoms. The summed E-state index contributed by atoms with van der Waals surface area (Å²) in [5.41, 5.74) is -0.229. The highest BCUT2D eigenvalue weighted by molar-refractivity contribution is 5.14. The number of rotatable bonds is 10. The van der Waals surface area contributed by atoms with E-state index in [4.69, 9.17) is 0 Å². The summed E-state index contributed by atoms with van der Waals surface area (Å²) < 4.78 is 0. The van der Waals surface area contributed by atoms with Gasteiger partial charge in [0, 0.05) is 6.54 Å². The third-order valence-electron chi connectivity index (χ3n) is 5.26. The maximum absolute atomic E-state index is 9.71. The van der Waals surface area contributed by atoms with Crippen molar-refractivity contribution in [2.24, 2.45) is 11.8 Å². The molecule has 0 radical (unpaired) electrons. The zero-order valence-corrected chi connectivity index (χ0v) is 14.0. The Kier molecular flexibility index (Phi) is 6.51. The summed E-state index contributed by atoms with van der Waals surface area (Å²) in [6, 6.07) is 2.64. The van der Waals surface area contributed by atoms with E-state index < -0.39 is 0 Å². The minimum absolute atomic E-state index is 0.229. The number of nitrogens with zero attached hydrogens (tertiary/aromatic N) is 2. The predicted molar refractivity (Wildman–Crippen MR) is 88.1 cm³/mol. The minimum Gasteiger partial charge on any atom is -0.303 e. The zero-order valence-electron chi connectivity index (χ0n) is 14.0. The molecular formula is C18H33N3. The molecule has 0 aromatic rings. The van der Waals surface area contributed by atoms with Crippen molar-refractivity contribution >= 4 is 0 Å². The molecule has 2 atom stereocenters. The zero-order chi connectivity index (χ0) is 15.1. The van der Waals surface area contributed by atoms with E-state index in [1.807, 2.05) is 0 Å². The molecule has 0 aromatic heterocycles. The maximum Gasteiger partial charge on any atom is 0.109 e. The molecule has 2 aliphatic carbocycles. The van der Waals surface area contributed by atoms with Gasteiger partial charge in [-0.3, -0.25) is 5.32 Å². The summed E-state index contributed by atoms with van der Waals surface area (Å²) in [6.07, 6.45) is 9.91. The van der Waals surface area contributed by atoms with Crippen LogP contribution in [-0.4, -0.2) is 36.6 Å². The van der Waals surface area contributed by atoms with E-state index >= 15 is 0 Å². The molecule has 0 spiro atoms. The fourth-order valence-corrected chi connectivity index (χ4v) is 3.85. The van der Waals surface area contributed by atoms with Crippen LogP contribution >= 0.6 is 0 Å². The van der Waals surface area contributed by atoms with Crippen LogP contribution in [0.4, 0.5) is 0 Å². The molecule has 2 unspecified atom stereocenters. The fourth-order valence-electron chi connectivity index (χ4n) is 3.85. The van der Waals surface area contributed by atoms with E-state index in [0.29, 0.717) is 5.92 Å². The Bertz CT molecular complexity index is 345. The minimum atomic E-state index is -0.229. The van der Waals surface area contributed by atoms with Crippen LogP contribution in [0.2, 0.25) is 0 Å². The van der Waals surface area contributed by atoms with Crippen molar-refractivity contribution in [2.75, 3.05) is 26.2 Å². The van der Waals surface area contributed by atoms with Crippen LogP contribution < -0.4 is 5.32 Å². The SMILES string of the molecule is CCCNC1(C#N)CCCC1CCN(CCC)CC1CC1. The molecule has 1 N–H and O–H groups in total. The molecule has 2 fully saturated rings. The van der Waals surface area contributed by atoms with Gasteiger partial charge in [-0.1, -0.05) is 20.3 Å². The molecule has 0 aromatic carbocycles. The predicted octanol–water partition coefficient (Wildman–Crippen LogP) is 3.56. The van der Waals surface area contributed by atoms with Gasteiger partial charge in [-0.05, 0) is 76.4 Å². The number of nitriles is 1. The normalized spacial score (nSPS) is 29.0. The first-order chi connectivity index (χ1) is 10.2. The lowest BCUT2D eigenvalue weighted by Gasteiger charge is -2.32. The van der Waals surface area contributed by atoms with Gasteiger partial charge in [0.05, 0.1) is 6.07 Å². The molecule has 2 aliphatic rings. The molecule has 2 saturated carbocycles. The molecule has 21 heavy (non-hydrogen) atoms. The van der Waals surface area contributed by atoms with Gasteiger partial charge in [0.25, 0.3) is 0 Å². The Hall–Kier alpha value is -0.590. The molecule has 3 nitrogen and oxygen atoms in total. The van der Waals surface area contributed by atoms with E-state index in [2.05, 4.69) is 30.1 Å². The Morgan fingerprint density at radius 3 is 2.62 bits per heavy atom. The third-order valence-corrected chi connectivity index (χ3v) is 5.26. The van der Waals surface area contributed by atoms with Crippen molar-refractivity contribution in [3.63, 3.8) is 0 Å². The fraction of sp³-hybridized carbons (Fsp3) is 0.944. The van der Waals surface area contributed by atoms with Gasteiger partial charge in [0.2, 0.25) is 0 Å². The largest absolute Gasteiger partial charge is 0.303 e. The van der Waals surface area contributed by atoms with Gasteiger partial charge in [-0.2, -0.15) is 5.26 Å². The topological polar surface area (TPSA) is 39.1 Å². The van der Waals surface area contributed by atoms with Crippen molar-refractivity contribution in [2.45, 2.75) is 70.8 Å². The summed E-state index contributed by atoms with van der Waals surface area (Å²) in [4.78, 5) is 2.65. The highest BCUT2D eigenvalue weighted by atomic mass is 15.1. The van der Waals surface area contributed by atoms with Gasteiger partial charge in [-0.15, -0.1) is 0 Å². The van der Waals surface area contributed by atoms with Gasteiger partial charge in [0.1, 0.15) is 5.54 Å². The molecule has 2 rings (SSSR count). The first-order valence-electron chi connectivity index (χ1n) is 9.12. The van der Waals surface area contributed by atoms with Crippen LogP contribution in [-0.2, 0) is 0 Å².